The molecule has 738 valence electrons. The van der Waals surface area contributed by atoms with Gasteiger partial charge in [-0.2, -0.15) is 100.0 Å². The van der Waals surface area contributed by atoms with Crippen molar-refractivity contribution in [3.8, 4) is 115 Å². The highest BCUT2D eigenvalue weighted by molar-refractivity contribution is 7.66. The first-order chi connectivity index (χ1) is 65.6. The number of rotatable bonds is 86. The Bertz CT molecular complexity index is 3530. The van der Waals surface area contributed by atoms with Crippen molar-refractivity contribution in [3.05, 3.63) is 0 Å². The lowest BCUT2D eigenvalue weighted by Gasteiger charge is -2.25. The van der Waals surface area contributed by atoms with Crippen LogP contribution in [0.2, 0.25) is 0 Å². The Morgan fingerprint density at radius 1 is 0.0970 bits per heavy atom. The Labute approximate surface area is 838 Å². The molecule has 0 aliphatic rings. The van der Waals surface area contributed by atoms with Crippen LogP contribution in [0.1, 0.15) is 259 Å². The van der Waals surface area contributed by atoms with Crippen LogP contribution in [-0.4, -0.2) is 259 Å². The van der Waals surface area contributed by atoms with Crippen LogP contribution in [0.15, 0.2) is 0 Å². The van der Waals surface area contributed by atoms with Gasteiger partial charge < -0.3 is 0 Å². The molecular weight excluding hydrogens is 1910 g/mol. The summed E-state index contributed by atoms with van der Waals surface area (Å²) in [6.07, 6.45) is 80.3. The topological polar surface area (TPSA) is 452 Å². The lowest BCUT2D eigenvalue weighted by molar-refractivity contribution is 0.879. The number of unbranched alkanes of at least 4 members (excludes halogenated alkanes) is 8. The third kappa shape index (κ3) is 101. The summed E-state index contributed by atoms with van der Waals surface area (Å²) >= 11 is 0. The fraction of sp³-hybridized carbons (Fsp3) is 0.812. The molecule has 0 aliphatic heterocycles. The number of hydrogen-bond donors (Lipinski definition) is 0. The van der Waals surface area contributed by atoms with Crippen molar-refractivity contribution in [1.29, 1.82) is 100.0 Å². The van der Waals surface area contributed by atoms with E-state index < -0.39 is 0 Å². The molecular formula is C101H169N19P14. The zero-order valence-corrected chi connectivity index (χ0v) is 96.2. The zero-order valence-electron chi connectivity index (χ0n) is 83.7. The average Bonchev–Trinajstić information content (AvgIpc) is 0.946. The molecule has 0 fully saturated rings. The lowest BCUT2D eigenvalue weighted by Crippen LogP contribution is -2.07. The molecule has 33 heteroatoms. The smallest absolute Gasteiger partial charge is 0.0625 e. The first-order valence-corrected chi connectivity index (χ1v) is 76.3. The van der Waals surface area contributed by atoms with Crippen LogP contribution >= 0.6 is 111 Å². The van der Waals surface area contributed by atoms with Gasteiger partial charge in [0, 0.05) is 122 Å². The second-order valence-corrected chi connectivity index (χ2v) is 70.5. The van der Waals surface area contributed by atoms with Crippen LogP contribution in [0, 0.1) is 215 Å². The number of hydrogen-bond acceptors (Lipinski definition) is 19. The van der Waals surface area contributed by atoms with Gasteiger partial charge in [0.05, 0.1) is 115 Å². The summed E-state index contributed by atoms with van der Waals surface area (Å²) in [7, 11) is -1.04. The van der Waals surface area contributed by atoms with E-state index in [1.807, 2.05) is 0 Å². The molecule has 0 spiro atoms. The van der Waals surface area contributed by atoms with Gasteiger partial charge in [0.2, 0.25) is 0 Å². The Balaban J connectivity index is -0.000000520. The minimum Gasteiger partial charge on any atom is -0.198 e. The Morgan fingerprint density at radius 3 is 0.336 bits per heavy atom. The lowest BCUT2D eigenvalue weighted by atomic mass is 10.4. The van der Waals surface area contributed by atoms with Gasteiger partial charge in [0.1, 0.15) is 0 Å². The van der Waals surface area contributed by atoms with E-state index in [-0.39, 0.29) is 111 Å². The van der Waals surface area contributed by atoms with Gasteiger partial charge in [0.15, 0.2) is 0 Å². The molecule has 9 atom stereocenters. The predicted octanol–water partition coefficient (Wildman–Crippen LogP) is 30.4. The highest BCUT2D eigenvalue weighted by Gasteiger charge is 2.22. The van der Waals surface area contributed by atoms with Gasteiger partial charge in [-0.05, 0) is 329 Å². The minimum atomic E-state index is -0.254. The molecule has 0 aromatic rings. The van der Waals surface area contributed by atoms with Gasteiger partial charge in [-0.1, -0.05) is 66.7 Å². The number of nitriles is 19. The predicted molar refractivity (Wildman–Crippen MR) is 598 cm³/mol. The molecule has 0 saturated carbocycles. The molecule has 0 bridgehead atoms. The molecule has 0 saturated heterocycles. The van der Waals surface area contributed by atoms with Crippen molar-refractivity contribution >= 4 is 111 Å². The maximum Gasteiger partial charge on any atom is 0.0625 e. The SMILES string of the molecule is CCCCP(CCCC#N)CCCP(CCCC#N)CCCC#N.CCCCP(CCCC#N)CCP(CCCC#N)CCCC#N.CCCP(CCC#N)CCCP(CCC#N)CCCP(CCC#N)CCC#N.CCCP(CCC#N)CCP(CCC#N)CCP(CCC#N)CCC#N.CCCP(CCC#N)CCP(CCC#N)CCP(CCC#N)CCP(CCC#N)CCC#N. The fourth-order valence-corrected chi connectivity index (χ4v) is 54.5. The van der Waals surface area contributed by atoms with Crippen molar-refractivity contribution in [2.24, 2.45) is 0 Å². The Kier molecular flexibility index (Phi) is 122. The van der Waals surface area contributed by atoms with E-state index in [0.717, 1.165) is 137 Å². The summed E-state index contributed by atoms with van der Waals surface area (Å²) < 4.78 is 0. The van der Waals surface area contributed by atoms with Gasteiger partial charge in [-0.25, -0.2) is 0 Å². The van der Waals surface area contributed by atoms with Crippen molar-refractivity contribution in [2.45, 2.75) is 259 Å². The van der Waals surface area contributed by atoms with Crippen LogP contribution in [0.25, 0.3) is 0 Å². The van der Waals surface area contributed by atoms with Crippen molar-refractivity contribution in [2.75, 3.05) is 259 Å². The maximum absolute atomic E-state index is 9.13. The molecule has 9 unspecified atom stereocenters. The average molecular weight is 2080 g/mol. The molecule has 134 heavy (non-hydrogen) atoms. The highest BCUT2D eigenvalue weighted by atomic mass is 31.2. The summed E-state index contributed by atoms with van der Waals surface area (Å²) in [6.45, 7) is 11.2. The van der Waals surface area contributed by atoms with Crippen LogP contribution in [0.4, 0.5) is 0 Å². The van der Waals surface area contributed by atoms with Crippen LogP contribution in [-0.2, 0) is 0 Å². The van der Waals surface area contributed by atoms with Crippen LogP contribution < -0.4 is 0 Å². The summed E-state index contributed by atoms with van der Waals surface area (Å²) in [4.78, 5) is 0. The number of nitrogens with zero attached hydrogens (tertiary/aromatic N) is 19. The van der Waals surface area contributed by atoms with Crippen LogP contribution in [0.3, 0.4) is 0 Å². The van der Waals surface area contributed by atoms with E-state index >= 15 is 0 Å². The standard InChI is InChI=1S/C24H39N5P4.C21H35N4P3.C19H31N4P3.C19H33N3P2.C18H31N3P2/c1-2-13-30(14-3-8-25)19-21-32(17-6-11-28)23-24-33(18-7-12-29)22-20-31(15-4-9-26)16-5-10-27;1-2-13-26(14-3-9-22)18-7-20-28(17-6-12-25)21-8-19-27(15-4-10-23)16-5-11-24;1-2-11-24(12-3-7-20)16-18-26(15-6-10-23)19-17-25(13-4-8-21)14-5-9-22;1-2-3-14-23(15-7-4-11-20)18-10-19-24(16-8-5-12-21)17-9-6-13-22;1-2-3-13-22(14-7-4-10-19)17-18-23(15-8-5-11-20)16-9-6-12-21/h2-7,13-24H2,1H3;2-8,13-21H2,1H3;2-6,11-19H2,1H3;2-10,14-19H2,1H3;2-9,13-18H2,1H3. The first kappa shape index (κ1) is 139. The van der Waals surface area contributed by atoms with Crippen LogP contribution in [0.5, 0.6) is 0 Å². The second-order valence-electron chi connectivity index (χ2n) is 32.9. The zero-order chi connectivity index (χ0) is 100.0. The quantitative estimate of drug-likeness (QED) is 0.0403. The third-order valence-corrected chi connectivity index (χ3v) is 62.2. The molecule has 0 N–H and O–H groups in total. The summed E-state index contributed by atoms with van der Waals surface area (Å²) in [6, 6.07) is 43.2. The van der Waals surface area contributed by atoms with E-state index in [0.29, 0.717) is 122 Å². The molecule has 0 rings (SSSR count). The van der Waals surface area contributed by atoms with Gasteiger partial charge >= 0.3 is 0 Å². The minimum absolute atomic E-state index is 0.00101. The molecule has 0 heterocycles. The second kappa shape index (κ2) is 118. The van der Waals surface area contributed by atoms with E-state index in [4.69, 9.17) is 100.0 Å². The van der Waals surface area contributed by atoms with E-state index in [1.54, 1.807) is 0 Å². The van der Waals surface area contributed by atoms with Crippen molar-refractivity contribution in [3.63, 3.8) is 0 Å². The summed E-state index contributed by atoms with van der Waals surface area (Å²) in [5.74, 6) is 0. The van der Waals surface area contributed by atoms with Gasteiger partial charge in [0.25, 0.3) is 0 Å². The normalized spacial score (nSPS) is 12.4. The van der Waals surface area contributed by atoms with E-state index in [9.17, 15) is 0 Å². The highest BCUT2D eigenvalue weighted by Crippen LogP contribution is 2.53. The third-order valence-electron chi connectivity index (χ3n) is 22.1. The molecule has 0 radical (unpaired) electrons. The fourth-order valence-electron chi connectivity index (χ4n) is 14.7. The van der Waals surface area contributed by atoms with Gasteiger partial charge in [-0.15, -0.1) is 111 Å². The van der Waals surface area contributed by atoms with Gasteiger partial charge in [-0.3, -0.25) is 0 Å². The maximum atomic E-state index is 9.13. The molecule has 0 aromatic heterocycles. The van der Waals surface area contributed by atoms with Crippen molar-refractivity contribution < 1.29 is 0 Å². The van der Waals surface area contributed by atoms with E-state index in [1.165, 1.54) is 224 Å². The summed E-state index contributed by atoms with van der Waals surface area (Å²) in [5.41, 5.74) is 0. The van der Waals surface area contributed by atoms with Crippen molar-refractivity contribution in [1.82, 2.24) is 0 Å². The molecule has 0 amide bonds. The van der Waals surface area contributed by atoms with E-state index in [2.05, 4.69) is 150 Å². The molecule has 0 aromatic carbocycles. The monoisotopic (exact) mass is 2080 g/mol. The Morgan fingerprint density at radius 2 is 0.194 bits per heavy atom. The first-order valence-electron chi connectivity index (χ1n) is 49.8. The summed E-state index contributed by atoms with van der Waals surface area (Å²) in [5, 5.41) is 168. The Hall–Kier alpha value is -3.67. The largest absolute Gasteiger partial charge is 0.198 e. The molecule has 19 nitrogen and oxygen atoms in total. The molecule has 0 aliphatic carbocycles.